The first kappa shape index (κ1) is 24.0. The number of nitrogens with one attached hydrogen (secondary N) is 1. The van der Waals surface area contributed by atoms with E-state index in [9.17, 15) is 19.5 Å². The SMILES string of the molecule is CCOC(=O)[C@@H](N[C@@H](C)C(=O)N(CC(=O)O)c1ccc2c(c1)CCC2)C1Cc2ccccc2C1. The number of carbonyl (C=O) groups is 3. The Bertz CT molecular complexity index is 1060. The fraction of sp³-hybridized carbons (Fsp3) is 0.444. The van der Waals surface area contributed by atoms with Crippen LogP contribution in [0.25, 0.3) is 0 Å². The smallest absolute Gasteiger partial charge is 0.323 e. The highest BCUT2D eigenvalue weighted by molar-refractivity contribution is 6.00. The second kappa shape index (κ2) is 10.4. The number of hydrogen-bond acceptors (Lipinski definition) is 5. The van der Waals surface area contributed by atoms with Crippen molar-refractivity contribution < 1.29 is 24.2 Å². The molecule has 0 fully saturated rings. The zero-order chi connectivity index (χ0) is 24.2. The van der Waals surface area contributed by atoms with Crippen LogP contribution >= 0.6 is 0 Å². The molecule has 2 aliphatic rings. The van der Waals surface area contributed by atoms with E-state index in [1.54, 1.807) is 13.8 Å². The number of fused-ring (bicyclic) bond motifs is 2. The van der Waals surface area contributed by atoms with Crippen molar-refractivity contribution in [1.82, 2.24) is 5.32 Å². The molecule has 0 bridgehead atoms. The lowest BCUT2D eigenvalue weighted by Gasteiger charge is -2.30. The average Bonchev–Trinajstić information content (AvgIpc) is 3.46. The molecule has 0 unspecified atom stereocenters. The van der Waals surface area contributed by atoms with Gasteiger partial charge in [0.15, 0.2) is 0 Å². The topological polar surface area (TPSA) is 95.9 Å². The minimum absolute atomic E-state index is 0.0420. The van der Waals surface area contributed by atoms with E-state index in [1.165, 1.54) is 21.6 Å². The predicted octanol–water partition coefficient (Wildman–Crippen LogP) is 2.92. The highest BCUT2D eigenvalue weighted by Gasteiger charge is 2.37. The zero-order valence-corrected chi connectivity index (χ0v) is 19.8. The molecule has 2 aromatic rings. The number of anilines is 1. The third-order valence-electron chi connectivity index (χ3n) is 6.85. The molecule has 7 nitrogen and oxygen atoms in total. The van der Waals surface area contributed by atoms with E-state index in [2.05, 4.69) is 17.4 Å². The molecule has 0 saturated carbocycles. The molecule has 1 amide bonds. The summed E-state index contributed by atoms with van der Waals surface area (Å²) in [7, 11) is 0. The maximum atomic E-state index is 13.5. The lowest BCUT2D eigenvalue weighted by molar-refractivity contribution is -0.147. The van der Waals surface area contributed by atoms with E-state index in [0.717, 1.165) is 37.7 Å². The Hall–Kier alpha value is -3.19. The largest absolute Gasteiger partial charge is 0.480 e. The number of esters is 1. The fourth-order valence-electron chi connectivity index (χ4n) is 5.19. The van der Waals surface area contributed by atoms with Gasteiger partial charge in [0.05, 0.1) is 12.6 Å². The lowest BCUT2D eigenvalue weighted by Crippen LogP contribution is -2.54. The summed E-state index contributed by atoms with van der Waals surface area (Å²) in [5.41, 5.74) is 5.39. The molecule has 2 atom stereocenters. The molecule has 0 aromatic heterocycles. The second-order valence-corrected chi connectivity index (χ2v) is 9.18. The molecule has 2 aromatic carbocycles. The van der Waals surface area contributed by atoms with Gasteiger partial charge in [0.2, 0.25) is 5.91 Å². The Labute approximate surface area is 200 Å². The number of carbonyl (C=O) groups excluding carboxylic acids is 2. The van der Waals surface area contributed by atoms with E-state index >= 15 is 0 Å². The second-order valence-electron chi connectivity index (χ2n) is 9.18. The maximum absolute atomic E-state index is 13.5. The fourth-order valence-corrected chi connectivity index (χ4v) is 5.19. The highest BCUT2D eigenvalue weighted by atomic mass is 16.5. The van der Waals surface area contributed by atoms with Gasteiger partial charge < -0.3 is 9.84 Å². The quantitative estimate of drug-likeness (QED) is 0.554. The van der Waals surface area contributed by atoms with Crippen molar-refractivity contribution in [2.45, 2.75) is 58.0 Å². The molecule has 180 valence electrons. The number of hydrogen-bond donors (Lipinski definition) is 2. The molecule has 0 saturated heterocycles. The summed E-state index contributed by atoms with van der Waals surface area (Å²) in [6, 6.07) is 12.4. The molecule has 7 heteroatoms. The Morgan fingerprint density at radius 1 is 1.06 bits per heavy atom. The van der Waals surface area contributed by atoms with Crippen LogP contribution in [0.5, 0.6) is 0 Å². The number of aliphatic carboxylic acids is 1. The van der Waals surface area contributed by atoms with Gasteiger partial charge in [0.25, 0.3) is 0 Å². The van der Waals surface area contributed by atoms with E-state index in [1.807, 2.05) is 30.3 Å². The number of nitrogens with zero attached hydrogens (tertiary/aromatic N) is 1. The van der Waals surface area contributed by atoms with E-state index in [4.69, 9.17) is 4.74 Å². The molecule has 2 aliphatic carbocycles. The normalized spacial score (nSPS) is 16.4. The molecule has 0 spiro atoms. The van der Waals surface area contributed by atoms with Crippen molar-refractivity contribution in [2.75, 3.05) is 18.1 Å². The summed E-state index contributed by atoms with van der Waals surface area (Å²) in [6.07, 6.45) is 4.44. The third-order valence-corrected chi connectivity index (χ3v) is 6.85. The van der Waals surface area contributed by atoms with Crippen LogP contribution in [0.4, 0.5) is 5.69 Å². The summed E-state index contributed by atoms with van der Waals surface area (Å²) < 4.78 is 5.34. The first-order chi connectivity index (χ1) is 16.4. The van der Waals surface area contributed by atoms with Gasteiger partial charge in [-0.05, 0) is 86.3 Å². The minimum Gasteiger partial charge on any atom is -0.480 e. The monoisotopic (exact) mass is 464 g/mol. The summed E-state index contributed by atoms with van der Waals surface area (Å²) in [5.74, 6) is -1.90. The number of benzene rings is 2. The zero-order valence-electron chi connectivity index (χ0n) is 19.8. The first-order valence-corrected chi connectivity index (χ1v) is 12.0. The number of amides is 1. The summed E-state index contributed by atoms with van der Waals surface area (Å²) in [4.78, 5) is 39.3. The van der Waals surface area contributed by atoms with Gasteiger partial charge in [-0.2, -0.15) is 0 Å². The van der Waals surface area contributed by atoms with Gasteiger partial charge >= 0.3 is 11.9 Å². The van der Waals surface area contributed by atoms with Gasteiger partial charge in [0.1, 0.15) is 12.6 Å². The van der Waals surface area contributed by atoms with Gasteiger partial charge in [-0.3, -0.25) is 24.6 Å². The Morgan fingerprint density at radius 2 is 1.74 bits per heavy atom. The molecule has 0 heterocycles. The van der Waals surface area contributed by atoms with Gasteiger partial charge in [-0.1, -0.05) is 30.3 Å². The predicted molar refractivity (Wildman–Crippen MR) is 129 cm³/mol. The van der Waals surface area contributed by atoms with Crippen LogP contribution in [0.3, 0.4) is 0 Å². The van der Waals surface area contributed by atoms with E-state index in [-0.39, 0.29) is 24.4 Å². The van der Waals surface area contributed by atoms with Crippen LogP contribution < -0.4 is 10.2 Å². The van der Waals surface area contributed by atoms with Gasteiger partial charge in [-0.25, -0.2) is 0 Å². The third kappa shape index (κ3) is 5.14. The minimum atomic E-state index is -1.09. The lowest BCUT2D eigenvalue weighted by atomic mass is 9.95. The van der Waals surface area contributed by atoms with E-state index < -0.39 is 24.6 Å². The van der Waals surface area contributed by atoms with Gasteiger partial charge in [0, 0.05) is 5.69 Å². The molecular formula is C27H32N2O5. The number of carboxylic acid groups (broad SMARTS) is 1. The van der Waals surface area contributed by atoms with Crippen molar-refractivity contribution in [1.29, 1.82) is 0 Å². The molecule has 2 N–H and O–H groups in total. The summed E-state index contributed by atoms with van der Waals surface area (Å²) in [6.45, 7) is 3.25. The number of ether oxygens (including phenoxy) is 1. The molecular weight excluding hydrogens is 432 g/mol. The van der Waals surface area contributed by atoms with Crippen molar-refractivity contribution in [2.24, 2.45) is 5.92 Å². The van der Waals surface area contributed by atoms with Crippen LogP contribution in [-0.4, -0.2) is 48.2 Å². The van der Waals surface area contributed by atoms with Crippen molar-refractivity contribution in [3.63, 3.8) is 0 Å². The molecule has 4 rings (SSSR count). The number of rotatable bonds is 9. The first-order valence-electron chi connectivity index (χ1n) is 12.0. The van der Waals surface area contributed by atoms with Crippen LogP contribution in [0.15, 0.2) is 42.5 Å². The van der Waals surface area contributed by atoms with Crippen LogP contribution in [-0.2, 0) is 44.8 Å². The molecule has 34 heavy (non-hydrogen) atoms. The number of aryl methyl sites for hydroxylation is 2. The molecule has 0 radical (unpaired) electrons. The Kier molecular flexibility index (Phi) is 7.32. The molecule has 0 aliphatic heterocycles. The average molecular weight is 465 g/mol. The van der Waals surface area contributed by atoms with Gasteiger partial charge in [-0.15, -0.1) is 0 Å². The van der Waals surface area contributed by atoms with Crippen LogP contribution in [0.2, 0.25) is 0 Å². The Morgan fingerprint density at radius 3 is 2.38 bits per heavy atom. The van der Waals surface area contributed by atoms with Crippen LogP contribution in [0.1, 0.15) is 42.5 Å². The maximum Gasteiger partial charge on any atom is 0.323 e. The van der Waals surface area contributed by atoms with Crippen molar-refractivity contribution in [3.8, 4) is 0 Å². The summed E-state index contributed by atoms with van der Waals surface area (Å²) >= 11 is 0. The van der Waals surface area contributed by atoms with Crippen molar-refractivity contribution >= 4 is 23.5 Å². The van der Waals surface area contributed by atoms with Crippen LogP contribution in [0, 0.1) is 5.92 Å². The standard InChI is InChI=1S/C27H32N2O5/c1-3-34-27(33)25(22-13-19-7-4-5-8-20(19)14-22)28-17(2)26(32)29(16-24(30)31)23-12-11-18-9-6-10-21(18)15-23/h4-5,7-8,11-12,15,17,22,25,28H,3,6,9-10,13-14,16H2,1-2H3,(H,30,31)/t17-,25-/m0/s1. The summed E-state index contributed by atoms with van der Waals surface area (Å²) in [5, 5.41) is 12.7. The Balaban J connectivity index is 1.54. The van der Waals surface area contributed by atoms with E-state index in [0.29, 0.717) is 5.69 Å². The number of carboxylic acids is 1. The van der Waals surface area contributed by atoms with Crippen molar-refractivity contribution in [3.05, 3.63) is 64.7 Å². The highest BCUT2D eigenvalue weighted by Crippen LogP contribution is 2.30.